The van der Waals surface area contributed by atoms with E-state index in [-0.39, 0.29) is 5.91 Å². The molecule has 1 unspecified atom stereocenters. The molecule has 0 bridgehead atoms. The zero-order valence-electron chi connectivity index (χ0n) is 14.2. The third-order valence-electron chi connectivity index (χ3n) is 5.34. The Hall–Kier alpha value is -2.13. The minimum atomic E-state index is 0.160. The minimum absolute atomic E-state index is 0.160. The van der Waals surface area contributed by atoms with Crippen LogP contribution in [0.5, 0.6) is 0 Å². The summed E-state index contributed by atoms with van der Waals surface area (Å²) < 4.78 is 0. The maximum atomic E-state index is 13.2. The van der Waals surface area contributed by atoms with Gasteiger partial charge in [-0.1, -0.05) is 36.4 Å². The lowest BCUT2D eigenvalue weighted by molar-refractivity contribution is 0.0654. The van der Waals surface area contributed by atoms with Gasteiger partial charge in [-0.2, -0.15) is 0 Å². The second kappa shape index (κ2) is 6.40. The molecule has 1 N–H and O–H groups in total. The first-order valence-corrected chi connectivity index (χ1v) is 8.90. The van der Waals surface area contributed by atoms with Crippen molar-refractivity contribution in [1.82, 2.24) is 10.2 Å². The van der Waals surface area contributed by atoms with Crippen LogP contribution in [-0.2, 0) is 19.6 Å². The van der Waals surface area contributed by atoms with Crippen molar-refractivity contribution >= 4 is 5.91 Å². The lowest BCUT2D eigenvalue weighted by atomic mass is 10.0. The number of hydrogen-bond donors (Lipinski definition) is 1. The summed E-state index contributed by atoms with van der Waals surface area (Å²) in [7, 11) is 0. The Balaban J connectivity index is 1.61. The van der Waals surface area contributed by atoms with E-state index in [2.05, 4.69) is 41.4 Å². The first kappa shape index (κ1) is 15.4. The normalized spacial score (nSPS) is 17.4. The topological polar surface area (TPSA) is 32.3 Å². The summed E-state index contributed by atoms with van der Waals surface area (Å²) in [6, 6.07) is 16.8. The molecule has 0 spiro atoms. The molecular formula is C21H24N2O. The van der Waals surface area contributed by atoms with Crippen LogP contribution in [0.25, 0.3) is 0 Å². The number of amides is 1. The van der Waals surface area contributed by atoms with Gasteiger partial charge in [0.25, 0.3) is 5.91 Å². The standard InChI is InChI=1S/C21H24N2O/c1-15(17-7-8-17)23(14-16-5-3-2-4-6-16)21(24)18-9-10-19-12-22-13-20(19)11-18/h2-6,9-11,15,17,22H,7-8,12-14H2,1H3. The van der Waals surface area contributed by atoms with E-state index < -0.39 is 0 Å². The van der Waals surface area contributed by atoms with E-state index in [1.165, 1.54) is 29.5 Å². The highest BCUT2D eigenvalue weighted by molar-refractivity contribution is 5.94. The Bertz CT molecular complexity index is 737. The van der Waals surface area contributed by atoms with Crippen LogP contribution in [0.3, 0.4) is 0 Å². The number of rotatable bonds is 5. The molecule has 1 aliphatic heterocycles. The van der Waals surface area contributed by atoms with E-state index in [4.69, 9.17) is 0 Å². The van der Waals surface area contributed by atoms with Crippen molar-refractivity contribution in [3.8, 4) is 0 Å². The number of nitrogens with one attached hydrogen (secondary N) is 1. The molecule has 1 saturated carbocycles. The maximum Gasteiger partial charge on any atom is 0.254 e. The van der Waals surface area contributed by atoms with Crippen molar-refractivity contribution in [2.24, 2.45) is 5.92 Å². The third kappa shape index (κ3) is 3.09. The van der Waals surface area contributed by atoms with Gasteiger partial charge in [-0.3, -0.25) is 4.79 Å². The van der Waals surface area contributed by atoms with Gasteiger partial charge in [-0.25, -0.2) is 0 Å². The monoisotopic (exact) mass is 320 g/mol. The van der Waals surface area contributed by atoms with Crippen molar-refractivity contribution in [1.29, 1.82) is 0 Å². The van der Waals surface area contributed by atoms with Gasteiger partial charge in [-0.05, 0) is 54.5 Å². The Kier molecular flexibility index (Phi) is 4.11. The van der Waals surface area contributed by atoms with E-state index in [9.17, 15) is 4.79 Å². The molecule has 1 atom stereocenters. The van der Waals surface area contributed by atoms with Gasteiger partial charge < -0.3 is 10.2 Å². The van der Waals surface area contributed by atoms with Crippen LogP contribution in [0.2, 0.25) is 0 Å². The van der Waals surface area contributed by atoms with Crippen molar-refractivity contribution in [2.75, 3.05) is 0 Å². The van der Waals surface area contributed by atoms with Crippen molar-refractivity contribution in [3.05, 3.63) is 70.8 Å². The van der Waals surface area contributed by atoms with Gasteiger partial charge in [-0.15, -0.1) is 0 Å². The Labute approximate surface area is 143 Å². The largest absolute Gasteiger partial charge is 0.331 e. The smallest absolute Gasteiger partial charge is 0.254 e. The first-order valence-electron chi connectivity index (χ1n) is 8.90. The van der Waals surface area contributed by atoms with Crippen LogP contribution in [0.15, 0.2) is 48.5 Å². The fourth-order valence-electron chi connectivity index (χ4n) is 3.61. The molecule has 1 aliphatic carbocycles. The van der Waals surface area contributed by atoms with Crippen LogP contribution in [0, 0.1) is 5.92 Å². The third-order valence-corrected chi connectivity index (χ3v) is 5.34. The molecule has 2 aromatic carbocycles. The Morgan fingerprint density at radius 3 is 2.62 bits per heavy atom. The van der Waals surface area contributed by atoms with Crippen LogP contribution in [0.1, 0.15) is 46.8 Å². The van der Waals surface area contributed by atoms with Gasteiger partial charge in [0.05, 0.1) is 0 Å². The van der Waals surface area contributed by atoms with E-state index in [0.29, 0.717) is 18.5 Å². The number of nitrogens with zero attached hydrogens (tertiary/aromatic N) is 1. The van der Waals surface area contributed by atoms with E-state index in [0.717, 1.165) is 18.7 Å². The predicted molar refractivity (Wildman–Crippen MR) is 95.5 cm³/mol. The van der Waals surface area contributed by atoms with Gasteiger partial charge in [0, 0.05) is 31.2 Å². The molecule has 0 saturated heterocycles. The molecule has 0 radical (unpaired) electrons. The second-order valence-electron chi connectivity index (χ2n) is 7.08. The molecule has 124 valence electrons. The molecule has 1 fully saturated rings. The van der Waals surface area contributed by atoms with E-state index >= 15 is 0 Å². The van der Waals surface area contributed by atoms with Crippen LogP contribution in [-0.4, -0.2) is 16.8 Å². The molecule has 1 heterocycles. The molecule has 4 rings (SSSR count). The van der Waals surface area contributed by atoms with Crippen LogP contribution >= 0.6 is 0 Å². The number of hydrogen-bond acceptors (Lipinski definition) is 2. The Morgan fingerprint density at radius 2 is 1.88 bits per heavy atom. The molecule has 24 heavy (non-hydrogen) atoms. The van der Waals surface area contributed by atoms with Crippen LogP contribution in [0.4, 0.5) is 0 Å². The molecule has 2 aromatic rings. The second-order valence-corrected chi connectivity index (χ2v) is 7.08. The summed E-state index contributed by atoms with van der Waals surface area (Å²) >= 11 is 0. The van der Waals surface area contributed by atoms with E-state index in [1.54, 1.807) is 0 Å². The summed E-state index contributed by atoms with van der Waals surface area (Å²) in [6.07, 6.45) is 2.49. The number of carbonyl (C=O) groups excluding carboxylic acids is 1. The quantitative estimate of drug-likeness (QED) is 0.910. The zero-order valence-corrected chi connectivity index (χ0v) is 14.2. The first-order chi connectivity index (χ1) is 11.7. The predicted octanol–water partition coefficient (Wildman–Crippen LogP) is 3.73. The highest BCUT2D eigenvalue weighted by Crippen LogP contribution is 2.36. The zero-order chi connectivity index (χ0) is 16.5. The van der Waals surface area contributed by atoms with Gasteiger partial charge >= 0.3 is 0 Å². The van der Waals surface area contributed by atoms with Gasteiger partial charge in [0.1, 0.15) is 0 Å². The summed E-state index contributed by atoms with van der Waals surface area (Å²) in [5, 5.41) is 3.35. The molecule has 3 heteroatoms. The lowest BCUT2D eigenvalue weighted by Crippen LogP contribution is -2.39. The molecule has 2 aliphatic rings. The lowest BCUT2D eigenvalue weighted by Gasteiger charge is -2.30. The molecule has 0 aromatic heterocycles. The summed E-state index contributed by atoms with van der Waals surface area (Å²) in [4.78, 5) is 15.3. The highest BCUT2D eigenvalue weighted by Gasteiger charge is 2.34. The number of carbonyl (C=O) groups is 1. The SMILES string of the molecule is CC(C1CC1)N(Cc1ccccc1)C(=O)c1ccc2c(c1)CNC2. The van der Waals surface area contributed by atoms with Crippen molar-refractivity contribution < 1.29 is 4.79 Å². The van der Waals surface area contributed by atoms with Gasteiger partial charge in [0.2, 0.25) is 0 Å². The molecular weight excluding hydrogens is 296 g/mol. The Morgan fingerprint density at radius 1 is 1.12 bits per heavy atom. The molecule has 1 amide bonds. The summed E-state index contributed by atoms with van der Waals surface area (Å²) in [5.74, 6) is 0.821. The molecule has 3 nitrogen and oxygen atoms in total. The average molecular weight is 320 g/mol. The highest BCUT2D eigenvalue weighted by atomic mass is 16.2. The fraction of sp³-hybridized carbons (Fsp3) is 0.381. The summed E-state index contributed by atoms with van der Waals surface area (Å²) in [6.45, 7) is 4.67. The average Bonchev–Trinajstić information content (AvgIpc) is 3.36. The summed E-state index contributed by atoms with van der Waals surface area (Å²) in [5.41, 5.74) is 4.60. The fourth-order valence-corrected chi connectivity index (χ4v) is 3.61. The number of benzene rings is 2. The van der Waals surface area contributed by atoms with Gasteiger partial charge in [0.15, 0.2) is 0 Å². The van der Waals surface area contributed by atoms with E-state index in [1.807, 2.05) is 24.3 Å². The van der Waals surface area contributed by atoms with Crippen molar-refractivity contribution in [3.63, 3.8) is 0 Å². The van der Waals surface area contributed by atoms with Crippen molar-refractivity contribution in [2.45, 2.75) is 45.4 Å². The minimum Gasteiger partial charge on any atom is -0.331 e. The number of fused-ring (bicyclic) bond motifs is 1. The maximum absolute atomic E-state index is 13.2. The van der Waals surface area contributed by atoms with Crippen LogP contribution < -0.4 is 5.32 Å².